The molecule has 0 radical (unpaired) electrons. The summed E-state index contributed by atoms with van der Waals surface area (Å²) in [6.45, 7) is 6.59. The van der Waals surface area contributed by atoms with Gasteiger partial charge in [-0.1, -0.05) is 6.07 Å². The molecule has 0 unspecified atom stereocenters. The Morgan fingerprint density at radius 2 is 1.96 bits per heavy atom. The Bertz CT molecular complexity index is 906. The first kappa shape index (κ1) is 21.2. The quantitative estimate of drug-likeness (QED) is 0.763. The Kier molecular flexibility index (Phi) is 6.21. The van der Waals surface area contributed by atoms with Crippen molar-refractivity contribution >= 4 is 10.0 Å². The minimum absolute atomic E-state index is 0.0457. The number of halogens is 3. The van der Waals surface area contributed by atoms with E-state index in [1.165, 1.54) is 29.9 Å². The molecule has 6 nitrogen and oxygen atoms in total. The molecule has 1 aromatic heterocycles. The van der Waals surface area contributed by atoms with Gasteiger partial charge in [0.15, 0.2) is 0 Å². The second-order valence-electron chi connectivity index (χ2n) is 6.23. The van der Waals surface area contributed by atoms with Crippen LogP contribution in [0.15, 0.2) is 29.3 Å². The smallest absolute Gasteiger partial charge is 0.416 e. The normalized spacial score (nSPS) is 12.6. The lowest BCUT2D eigenvalue weighted by Gasteiger charge is -2.15. The van der Waals surface area contributed by atoms with Crippen LogP contribution < -0.4 is 9.46 Å². The number of nitrogens with zero attached hydrogens (tertiary/aromatic N) is 2. The summed E-state index contributed by atoms with van der Waals surface area (Å²) in [5.41, 5.74) is -0.854. The van der Waals surface area contributed by atoms with Crippen molar-refractivity contribution in [2.75, 3.05) is 6.61 Å². The van der Waals surface area contributed by atoms with Crippen molar-refractivity contribution < 1.29 is 26.3 Å². The Labute approximate surface area is 156 Å². The molecule has 2 aromatic rings. The highest BCUT2D eigenvalue weighted by Gasteiger charge is 2.34. The van der Waals surface area contributed by atoms with Crippen LogP contribution in [0, 0.1) is 6.92 Å². The average Bonchev–Trinajstić information content (AvgIpc) is 2.96. The van der Waals surface area contributed by atoms with Crippen molar-refractivity contribution in [3.8, 4) is 5.75 Å². The maximum absolute atomic E-state index is 13.3. The zero-order valence-corrected chi connectivity index (χ0v) is 16.3. The summed E-state index contributed by atoms with van der Waals surface area (Å²) in [5.74, 6) is 0.0745. The molecule has 0 bridgehead atoms. The third kappa shape index (κ3) is 5.01. The lowest BCUT2D eigenvalue weighted by Crippen LogP contribution is -2.25. The first-order chi connectivity index (χ1) is 12.5. The van der Waals surface area contributed by atoms with Crippen LogP contribution >= 0.6 is 0 Å². The highest BCUT2D eigenvalue weighted by molar-refractivity contribution is 7.89. The molecular formula is C17H22F3N3O3S. The van der Waals surface area contributed by atoms with Crippen LogP contribution in [0.3, 0.4) is 0 Å². The molecule has 0 fully saturated rings. The molecule has 0 aliphatic heterocycles. The number of hydrogen-bond acceptors (Lipinski definition) is 4. The van der Waals surface area contributed by atoms with E-state index in [0.29, 0.717) is 0 Å². The Morgan fingerprint density at radius 1 is 1.30 bits per heavy atom. The van der Waals surface area contributed by atoms with E-state index in [4.69, 9.17) is 4.74 Å². The molecule has 1 heterocycles. The molecule has 0 amide bonds. The maximum Gasteiger partial charge on any atom is 0.416 e. The van der Waals surface area contributed by atoms with E-state index in [1.54, 1.807) is 6.92 Å². The summed E-state index contributed by atoms with van der Waals surface area (Å²) < 4.78 is 73.8. The Morgan fingerprint density at radius 3 is 2.48 bits per heavy atom. The summed E-state index contributed by atoms with van der Waals surface area (Å²) in [6.07, 6.45) is -3.27. The van der Waals surface area contributed by atoms with Crippen molar-refractivity contribution in [3.63, 3.8) is 0 Å². The molecule has 0 aliphatic carbocycles. The van der Waals surface area contributed by atoms with Crippen LogP contribution in [0.5, 0.6) is 5.75 Å². The van der Waals surface area contributed by atoms with Crippen LogP contribution in [0.25, 0.3) is 0 Å². The van der Waals surface area contributed by atoms with Crippen LogP contribution in [0.1, 0.15) is 43.6 Å². The Balaban J connectivity index is 2.30. The number of sulfonamides is 1. The number of ether oxygens (including phenoxy) is 1. The molecule has 10 heteroatoms. The van der Waals surface area contributed by atoms with Gasteiger partial charge in [-0.3, -0.25) is 4.68 Å². The van der Waals surface area contributed by atoms with Gasteiger partial charge in [0.2, 0.25) is 10.0 Å². The maximum atomic E-state index is 13.3. The molecule has 0 saturated heterocycles. The van der Waals surface area contributed by atoms with Gasteiger partial charge in [0.05, 0.1) is 17.9 Å². The molecule has 0 saturated carbocycles. The predicted octanol–water partition coefficient (Wildman–Crippen LogP) is 3.67. The van der Waals surface area contributed by atoms with Crippen molar-refractivity contribution in [3.05, 3.63) is 41.2 Å². The number of nitrogens with one attached hydrogen (secondary N) is 1. The third-order valence-corrected chi connectivity index (χ3v) is 5.34. The molecule has 1 N–H and O–H groups in total. The Hall–Kier alpha value is -2.07. The van der Waals surface area contributed by atoms with Gasteiger partial charge in [-0.25, -0.2) is 13.1 Å². The van der Waals surface area contributed by atoms with Crippen molar-refractivity contribution in [2.24, 2.45) is 0 Å². The number of rotatable bonds is 7. The van der Waals surface area contributed by atoms with Crippen molar-refractivity contribution in [1.82, 2.24) is 14.5 Å². The van der Waals surface area contributed by atoms with Crippen LogP contribution in [0.2, 0.25) is 0 Å². The molecule has 2 rings (SSSR count). The fourth-order valence-corrected chi connectivity index (χ4v) is 3.65. The zero-order chi connectivity index (χ0) is 20.4. The SMILES string of the molecule is CCOc1ccc(CNS(=O)(=O)c2cn(C(C)C)nc2C)c(C(F)(F)F)c1. The minimum Gasteiger partial charge on any atom is -0.494 e. The second-order valence-corrected chi connectivity index (χ2v) is 7.96. The fourth-order valence-electron chi connectivity index (χ4n) is 2.47. The average molecular weight is 405 g/mol. The number of benzene rings is 1. The first-order valence-corrected chi connectivity index (χ1v) is 9.82. The zero-order valence-electron chi connectivity index (χ0n) is 15.5. The first-order valence-electron chi connectivity index (χ1n) is 8.34. The number of alkyl halides is 3. The van der Waals surface area contributed by atoms with E-state index >= 15 is 0 Å². The van der Waals surface area contributed by atoms with E-state index in [1.807, 2.05) is 13.8 Å². The fraction of sp³-hybridized carbons (Fsp3) is 0.471. The standard InChI is InChI=1S/C17H22F3N3O3S/c1-5-26-14-7-6-13(15(8-14)17(18,19)20)9-21-27(24,25)16-10-23(11(2)3)22-12(16)4/h6-8,10-11,21H,5,9H2,1-4H3. The van der Waals surface area contributed by atoms with Crippen molar-refractivity contribution in [2.45, 2.75) is 51.4 Å². The lowest BCUT2D eigenvalue weighted by molar-refractivity contribution is -0.138. The topological polar surface area (TPSA) is 73.2 Å². The number of aromatic nitrogens is 2. The number of hydrogen-bond donors (Lipinski definition) is 1. The van der Waals surface area contributed by atoms with Gasteiger partial charge in [-0.2, -0.15) is 18.3 Å². The van der Waals surface area contributed by atoms with E-state index in [2.05, 4.69) is 9.82 Å². The molecule has 0 aliphatic rings. The van der Waals surface area contributed by atoms with E-state index in [0.717, 1.165) is 6.07 Å². The van der Waals surface area contributed by atoms with Gasteiger partial charge in [0.25, 0.3) is 0 Å². The number of aryl methyl sites for hydroxylation is 1. The summed E-state index contributed by atoms with van der Waals surface area (Å²) in [7, 11) is -4.02. The van der Waals surface area contributed by atoms with Gasteiger partial charge >= 0.3 is 6.18 Å². The van der Waals surface area contributed by atoms with Crippen molar-refractivity contribution in [1.29, 1.82) is 0 Å². The minimum atomic E-state index is -4.63. The predicted molar refractivity (Wildman–Crippen MR) is 94.0 cm³/mol. The summed E-state index contributed by atoms with van der Waals surface area (Å²) in [5, 5.41) is 4.12. The molecule has 1 aromatic carbocycles. The lowest BCUT2D eigenvalue weighted by atomic mass is 10.1. The van der Waals surface area contributed by atoms with Gasteiger partial charge in [-0.05, 0) is 45.4 Å². The van der Waals surface area contributed by atoms with Gasteiger partial charge < -0.3 is 4.74 Å². The van der Waals surface area contributed by atoms with Crippen LogP contribution in [-0.4, -0.2) is 24.8 Å². The third-order valence-electron chi connectivity index (χ3n) is 3.84. The molecule has 150 valence electrons. The highest BCUT2D eigenvalue weighted by atomic mass is 32.2. The molecule has 0 spiro atoms. The molecular weight excluding hydrogens is 383 g/mol. The highest BCUT2D eigenvalue weighted by Crippen LogP contribution is 2.34. The summed E-state index contributed by atoms with van der Waals surface area (Å²) >= 11 is 0. The van der Waals surface area contributed by atoms with Crippen LogP contribution in [0.4, 0.5) is 13.2 Å². The monoisotopic (exact) mass is 405 g/mol. The van der Waals surface area contributed by atoms with E-state index in [9.17, 15) is 21.6 Å². The molecule has 27 heavy (non-hydrogen) atoms. The summed E-state index contributed by atoms with van der Waals surface area (Å²) in [4.78, 5) is -0.0595. The van der Waals surface area contributed by atoms with Gasteiger partial charge in [-0.15, -0.1) is 0 Å². The van der Waals surface area contributed by atoms with E-state index in [-0.39, 0.29) is 34.6 Å². The van der Waals surface area contributed by atoms with Gasteiger partial charge in [0.1, 0.15) is 10.6 Å². The largest absolute Gasteiger partial charge is 0.494 e. The van der Waals surface area contributed by atoms with Gasteiger partial charge in [0, 0.05) is 18.8 Å². The molecule has 0 atom stereocenters. The summed E-state index contributed by atoms with van der Waals surface area (Å²) in [6, 6.07) is 3.41. The van der Waals surface area contributed by atoms with E-state index < -0.39 is 28.3 Å². The second kappa shape index (κ2) is 7.89. The van der Waals surface area contributed by atoms with Crippen LogP contribution in [-0.2, 0) is 22.7 Å².